The molecule has 0 N–H and O–H groups in total. The van der Waals surface area contributed by atoms with Gasteiger partial charge in [-0.05, 0) is 36.1 Å². The van der Waals surface area contributed by atoms with Gasteiger partial charge in [0.25, 0.3) is 0 Å². The molecule has 1 heterocycles. The minimum Gasteiger partial charge on any atom is -0.383 e. The SMILES string of the molecule is CS(=O)(=O)Oc1ccc(CN(CC2CCCO2)C(=O)COCc2ccccc2)cc1. The van der Waals surface area contributed by atoms with E-state index in [0.717, 1.165) is 30.2 Å². The predicted octanol–water partition coefficient (Wildman–Crippen LogP) is 2.75. The van der Waals surface area contributed by atoms with Crippen molar-refractivity contribution in [2.75, 3.05) is 26.0 Å². The lowest BCUT2D eigenvalue weighted by atomic mass is 10.1. The van der Waals surface area contributed by atoms with Gasteiger partial charge in [0.2, 0.25) is 5.91 Å². The summed E-state index contributed by atoms with van der Waals surface area (Å²) in [6, 6.07) is 16.4. The first-order chi connectivity index (χ1) is 14.4. The van der Waals surface area contributed by atoms with Gasteiger partial charge in [-0.1, -0.05) is 42.5 Å². The number of carbonyl (C=O) groups excluding carboxylic acids is 1. The first kappa shape index (κ1) is 22.3. The second kappa shape index (κ2) is 10.6. The number of carbonyl (C=O) groups is 1. The van der Waals surface area contributed by atoms with Crippen LogP contribution in [0.25, 0.3) is 0 Å². The van der Waals surface area contributed by atoms with Gasteiger partial charge < -0.3 is 18.6 Å². The Bertz CT molecular complexity index is 908. The van der Waals surface area contributed by atoms with Crippen LogP contribution in [0.4, 0.5) is 0 Å². The number of amides is 1. The van der Waals surface area contributed by atoms with Crippen molar-refractivity contribution < 1.29 is 26.9 Å². The van der Waals surface area contributed by atoms with Gasteiger partial charge in [-0.25, -0.2) is 0 Å². The number of rotatable bonds is 10. The maximum absolute atomic E-state index is 12.8. The van der Waals surface area contributed by atoms with Crippen LogP contribution >= 0.6 is 0 Å². The number of ether oxygens (including phenoxy) is 2. The largest absolute Gasteiger partial charge is 0.383 e. The maximum Gasteiger partial charge on any atom is 0.306 e. The van der Waals surface area contributed by atoms with Gasteiger partial charge in [-0.15, -0.1) is 0 Å². The Morgan fingerprint density at radius 3 is 2.47 bits per heavy atom. The molecule has 1 unspecified atom stereocenters. The molecule has 1 atom stereocenters. The van der Waals surface area contributed by atoms with Crippen LogP contribution in [-0.4, -0.2) is 51.3 Å². The van der Waals surface area contributed by atoms with E-state index in [1.54, 1.807) is 29.2 Å². The molecule has 7 nitrogen and oxygen atoms in total. The van der Waals surface area contributed by atoms with Crippen LogP contribution in [0.1, 0.15) is 24.0 Å². The second-order valence-corrected chi connectivity index (χ2v) is 8.89. The molecule has 1 saturated heterocycles. The van der Waals surface area contributed by atoms with E-state index in [9.17, 15) is 13.2 Å². The van der Waals surface area contributed by atoms with Crippen molar-refractivity contribution >= 4 is 16.0 Å². The van der Waals surface area contributed by atoms with Crippen LogP contribution in [-0.2, 0) is 37.5 Å². The number of nitrogens with zero attached hydrogens (tertiary/aromatic N) is 1. The quantitative estimate of drug-likeness (QED) is 0.536. The molecule has 8 heteroatoms. The molecule has 1 aliphatic rings. The zero-order valence-corrected chi connectivity index (χ0v) is 17.8. The molecule has 0 radical (unpaired) electrons. The van der Waals surface area contributed by atoms with Crippen molar-refractivity contribution in [2.45, 2.75) is 32.1 Å². The van der Waals surface area contributed by atoms with Gasteiger partial charge in [0.15, 0.2) is 0 Å². The van der Waals surface area contributed by atoms with Gasteiger partial charge in [-0.2, -0.15) is 8.42 Å². The Labute approximate surface area is 177 Å². The lowest BCUT2D eigenvalue weighted by Gasteiger charge is -2.25. The zero-order chi connectivity index (χ0) is 21.4. The summed E-state index contributed by atoms with van der Waals surface area (Å²) < 4.78 is 38.7. The molecular formula is C22H27NO6S. The molecule has 0 aliphatic carbocycles. The molecule has 0 spiro atoms. The van der Waals surface area contributed by atoms with Crippen LogP contribution in [0, 0.1) is 0 Å². The molecule has 2 aromatic rings. The van der Waals surface area contributed by atoms with Crippen LogP contribution < -0.4 is 4.18 Å². The average Bonchev–Trinajstić information content (AvgIpc) is 3.22. The fraction of sp³-hybridized carbons (Fsp3) is 0.409. The zero-order valence-electron chi connectivity index (χ0n) is 17.0. The normalized spacial score (nSPS) is 16.4. The van der Waals surface area contributed by atoms with Crippen molar-refractivity contribution in [3.63, 3.8) is 0 Å². The highest BCUT2D eigenvalue weighted by molar-refractivity contribution is 7.86. The standard InChI is InChI=1S/C22H27NO6S/c1-30(25,26)29-20-11-9-18(10-12-20)14-23(15-21-8-5-13-28-21)22(24)17-27-16-19-6-3-2-4-7-19/h2-4,6-7,9-12,21H,5,8,13-17H2,1H3. The summed E-state index contributed by atoms with van der Waals surface area (Å²) in [4.78, 5) is 14.6. The molecule has 0 saturated carbocycles. The van der Waals surface area contributed by atoms with Crippen LogP contribution in [0.15, 0.2) is 54.6 Å². The molecule has 0 bridgehead atoms. The van der Waals surface area contributed by atoms with Crippen molar-refractivity contribution in [3.05, 3.63) is 65.7 Å². The van der Waals surface area contributed by atoms with Crippen LogP contribution in [0.2, 0.25) is 0 Å². The van der Waals surface area contributed by atoms with E-state index in [1.807, 2.05) is 30.3 Å². The minimum absolute atomic E-state index is 0.0170. The topological polar surface area (TPSA) is 82.1 Å². The first-order valence-corrected chi connectivity index (χ1v) is 11.7. The summed E-state index contributed by atoms with van der Waals surface area (Å²) in [6.45, 7) is 1.95. The van der Waals surface area contributed by atoms with Crippen LogP contribution in [0.3, 0.4) is 0 Å². The third-order valence-corrected chi connectivity index (χ3v) is 5.18. The fourth-order valence-electron chi connectivity index (χ4n) is 3.26. The van der Waals surface area contributed by atoms with Gasteiger partial charge >= 0.3 is 10.1 Å². The van der Waals surface area contributed by atoms with E-state index in [4.69, 9.17) is 13.7 Å². The maximum atomic E-state index is 12.8. The fourth-order valence-corrected chi connectivity index (χ4v) is 3.72. The summed E-state index contributed by atoms with van der Waals surface area (Å²) >= 11 is 0. The summed E-state index contributed by atoms with van der Waals surface area (Å²) in [5.74, 6) is 0.127. The summed E-state index contributed by atoms with van der Waals surface area (Å²) in [7, 11) is -3.57. The van der Waals surface area contributed by atoms with Gasteiger partial charge in [0.05, 0.1) is 19.0 Å². The Kier molecular flexibility index (Phi) is 7.84. The number of hydrogen-bond acceptors (Lipinski definition) is 6. The highest BCUT2D eigenvalue weighted by Gasteiger charge is 2.23. The lowest BCUT2D eigenvalue weighted by Crippen LogP contribution is -2.39. The van der Waals surface area contributed by atoms with E-state index < -0.39 is 10.1 Å². The molecular weight excluding hydrogens is 406 g/mol. The van der Waals surface area contributed by atoms with Crippen LogP contribution in [0.5, 0.6) is 5.75 Å². The highest BCUT2D eigenvalue weighted by atomic mass is 32.2. The highest BCUT2D eigenvalue weighted by Crippen LogP contribution is 2.18. The Morgan fingerprint density at radius 1 is 1.10 bits per heavy atom. The van der Waals surface area contributed by atoms with Gasteiger partial charge in [0, 0.05) is 19.7 Å². The Balaban J connectivity index is 1.60. The van der Waals surface area contributed by atoms with Crippen molar-refractivity contribution in [1.82, 2.24) is 4.90 Å². The van der Waals surface area contributed by atoms with Crippen molar-refractivity contribution in [3.8, 4) is 5.75 Å². The van der Waals surface area contributed by atoms with Crippen molar-refractivity contribution in [2.24, 2.45) is 0 Å². The van der Waals surface area contributed by atoms with E-state index >= 15 is 0 Å². The molecule has 1 fully saturated rings. The monoisotopic (exact) mass is 433 g/mol. The third kappa shape index (κ3) is 7.44. The molecule has 30 heavy (non-hydrogen) atoms. The van der Waals surface area contributed by atoms with Gasteiger partial charge in [-0.3, -0.25) is 4.79 Å². The molecule has 1 aliphatic heterocycles. The average molecular weight is 434 g/mol. The Hall–Kier alpha value is -2.42. The van der Waals surface area contributed by atoms with Gasteiger partial charge in [0.1, 0.15) is 12.4 Å². The predicted molar refractivity (Wildman–Crippen MR) is 112 cm³/mol. The molecule has 162 valence electrons. The Morgan fingerprint density at radius 2 is 1.83 bits per heavy atom. The molecule has 2 aromatic carbocycles. The molecule has 0 aromatic heterocycles. The number of hydrogen-bond donors (Lipinski definition) is 0. The van der Waals surface area contributed by atoms with E-state index in [-0.39, 0.29) is 24.4 Å². The van der Waals surface area contributed by atoms with Crippen molar-refractivity contribution in [1.29, 1.82) is 0 Å². The smallest absolute Gasteiger partial charge is 0.306 e. The molecule has 1 amide bonds. The third-order valence-electron chi connectivity index (χ3n) is 4.68. The number of benzene rings is 2. The van der Waals surface area contributed by atoms with E-state index in [0.29, 0.717) is 26.3 Å². The summed E-state index contributed by atoms with van der Waals surface area (Å²) in [5, 5.41) is 0. The second-order valence-electron chi connectivity index (χ2n) is 7.32. The molecule has 3 rings (SSSR count). The van der Waals surface area contributed by atoms with E-state index in [2.05, 4.69) is 0 Å². The first-order valence-electron chi connectivity index (χ1n) is 9.88. The lowest BCUT2D eigenvalue weighted by molar-refractivity contribution is -0.138. The van der Waals surface area contributed by atoms with E-state index in [1.165, 1.54) is 0 Å². The summed E-state index contributed by atoms with van der Waals surface area (Å²) in [5.41, 5.74) is 1.88. The minimum atomic E-state index is -3.57. The summed E-state index contributed by atoms with van der Waals surface area (Å²) in [6.07, 6.45) is 2.94.